The SMILES string of the molecule is COc1ccc(S(=O)(=O)c2cnc3ccc(OC(F)(F)F)cc3c2N2CCCC(O)C2)cc1OC. The second-order valence-corrected chi connectivity index (χ2v) is 9.88. The second kappa shape index (κ2) is 9.42. The maximum atomic E-state index is 13.8. The Bertz CT molecular complexity index is 1350. The van der Waals surface area contributed by atoms with Crippen LogP contribution < -0.4 is 19.1 Å². The highest BCUT2D eigenvalue weighted by Gasteiger charge is 2.33. The van der Waals surface area contributed by atoms with E-state index in [2.05, 4.69) is 9.72 Å². The number of β-amino-alcohol motifs (C(OH)–C–C–N with tert-alkyl or cyclic N) is 1. The van der Waals surface area contributed by atoms with Crippen LogP contribution in [0.3, 0.4) is 0 Å². The van der Waals surface area contributed by atoms with Gasteiger partial charge in [0.25, 0.3) is 0 Å². The van der Waals surface area contributed by atoms with Gasteiger partial charge in [0.2, 0.25) is 9.84 Å². The quantitative estimate of drug-likeness (QED) is 0.531. The van der Waals surface area contributed by atoms with Crippen LogP contribution in [-0.4, -0.2) is 58.3 Å². The predicted molar refractivity (Wildman–Crippen MR) is 121 cm³/mol. The molecule has 1 aliphatic rings. The highest BCUT2D eigenvalue weighted by molar-refractivity contribution is 7.91. The first-order valence-electron chi connectivity index (χ1n) is 10.6. The molecular weight excluding hydrogens is 489 g/mol. The highest BCUT2D eigenvalue weighted by atomic mass is 32.2. The van der Waals surface area contributed by atoms with Crippen molar-refractivity contribution in [1.82, 2.24) is 4.98 Å². The fraction of sp³-hybridized carbons (Fsp3) is 0.348. The Kier molecular flexibility index (Phi) is 6.69. The number of nitrogens with zero attached hydrogens (tertiary/aromatic N) is 2. The summed E-state index contributed by atoms with van der Waals surface area (Å²) in [5, 5.41) is 10.4. The van der Waals surface area contributed by atoms with Crippen molar-refractivity contribution in [2.45, 2.75) is 35.1 Å². The Morgan fingerprint density at radius 3 is 2.49 bits per heavy atom. The normalized spacial score (nSPS) is 16.9. The lowest BCUT2D eigenvalue weighted by Crippen LogP contribution is -2.39. The number of fused-ring (bicyclic) bond motifs is 1. The van der Waals surface area contributed by atoms with E-state index in [9.17, 15) is 26.7 Å². The first kappa shape index (κ1) is 24.9. The molecule has 1 fully saturated rings. The number of anilines is 1. The van der Waals surface area contributed by atoms with Gasteiger partial charge in [-0.2, -0.15) is 0 Å². The molecule has 2 heterocycles. The largest absolute Gasteiger partial charge is 0.573 e. The van der Waals surface area contributed by atoms with Gasteiger partial charge < -0.3 is 24.2 Å². The van der Waals surface area contributed by atoms with E-state index < -0.39 is 28.1 Å². The number of piperidine rings is 1. The first-order chi connectivity index (χ1) is 16.5. The zero-order chi connectivity index (χ0) is 25.4. The number of hydrogen-bond donors (Lipinski definition) is 1. The minimum Gasteiger partial charge on any atom is -0.493 e. The number of rotatable bonds is 6. The van der Waals surface area contributed by atoms with Gasteiger partial charge in [0.15, 0.2) is 11.5 Å². The minimum atomic E-state index is -4.92. The molecule has 1 aromatic heterocycles. The molecule has 35 heavy (non-hydrogen) atoms. The summed E-state index contributed by atoms with van der Waals surface area (Å²) in [4.78, 5) is 5.53. The topological polar surface area (TPSA) is 98.2 Å². The monoisotopic (exact) mass is 512 g/mol. The molecule has 3 aromatic rings. The molecule has 1 atom stereocenters. The van der Waals surface area contributed by atoms with Crippen molar-refractivity contribution >= 4 is 26.4 Å². The third-order valence-electron chi connectivity index (χ3n) is 5.68. The third-order valence-corrected chi connectivity index (χ3v) is 7.43. The van der Waals surface area contributed by atoms with Crippen molar-refractivity contribution < 1.29 is 40.9 Å². The van der Waals surface area contributed by atoms with Crippen LogP contribution in [0.1, 0.15) is 12.8 Å². The summed E-state index contributed by atoms with van der Waals surface area (Å²) in [6, 6.07) is 7.64. The summed E-state index contributed by atoms with van der Waals surface area (Å²) in [5.41, 5.74) is 0.428. The summed E-state index contributed by atoms with van der Waals surface area (Å²) in [6.45, 7) is 0.507. The van der Waals surface area contributed by atoms with Gasteiger partial charge in [0.1, 0.15) is 10.6 Å². The van der Waals surface area contributed by atoms with Crippen LogP contribution in [-0.2, 0) is 9.84 Å². The lowest BCUT2D eigenvalue weighted by molar-refractivity contribution is -0.274. The van der Waals surface area contributed by atoms with Crippen molar-refractivity contribution in [3.05, 3.63) is 42.6 Å². The molecule has 0 spiro atoms. The first-order valence-corrected chi connectivity index (χ1v) is 12.1. The lowest BCUT2D eigenvalue weighted by Gasteiger charge is -2.34. The maximum absolute atomic E-state index is 13.8. The van der Waals surface area contributed by atoms with Crippen LogP contribution in [0, 0.1) is 0 Å². The molecule has 2 aromatic carbocycles. The number of pyridine rings is 1. The molecule has 1 saturated heterocycles. The molecule has 1 N–H and O–H groups in total. The van der Waals surface area contributed by atoms with Crippen molar-refractivity contribution in [3.8, 4) is 17.2 Å². The highest BCUT2D eigenvalue weighted by Crippen LogP contribution is 2.40. The molecule has 0 bridgehead atoms. The van der Waals surface area contributed by atoms with E-state index in [4.69, 9.17) is 9.47 Å². The van der Waals surface area contributed by atoms with Crippen LogP contribution in [0.4, 0.5) is 18.9 Å². The number of hydrogen-bond acceptors (Lipinski definition) is 8. The standard InChI is InChI=1S/C23H23F3N2O6S/c1-32-19-8-6-16(11-20(19)33-2)35(30,31)21-12-27-18-7-5-15(34-23(24,25)26)10-17(18)22(21)28-9-3-4-14(29)13-28/h5-8,10-12,14,29H,3-4,9,13H2,1-2H3. The van der Waals surface area contributed by atoms with Crippen LogP contribution >= 0.6 is 0 Å². The smallest absolute Gasteiger partial charge is 0.493 e. The molecule has 4 rings (SSSR count). The second-order valence-electron chi connectivity index (χ2n) is 7.96. The van der Waals surface area contributed by atoms with Crippen LogP contribution in [0.2, 0.25) is 0 Å². The molecule has 0 saturated carbocycles. The Labute approximate surface area is 199 Å². The van der Waals surface area contributed by atoms with E-state index in [1.807, 2.05) is 0 Å². The van der Waals surface area contributed by atoms with Crippen LogP contribution in [0.25, 0.3) is 10.9 Å². The molecule has 12 heteroatoms. The minimum absolute atomic E-state index is 0.109. The Balaban J connectivity index is 1.95. The molecule has 1 unspecified atom stereocenters. The van der Waals surface area contributed by atoms with Gasteiger partial charge in [0, 0.05) is 30.7 Å². The molecule has 1 aliphatic heterocycles. The summed E-state index contributed by atoms with van der Waals surface area (Å²) in [6.07, 6.45) is -3.38. The van der Waals surface area contributed by atoms with Gasteiger partial charge in [-0.3, -0.25) is 4.98 Å². The summed E-state index contributed by atoms with van der Waals surface area (Å²) < 4.78 is 80.6. The number of methoxy groups -OCH3 is 2. The lowest BCUT2D eigenvalue weighted by atomic mass is 10.1. The zero-order valence-corrected chi connectivity index (χ0v) is 19.7. The molecular formula is C23H23F3N2O6S. The Morgan fingerprint density at radius 2 is 1.83 bits per heavy atom. The number of ether oxygens (including phenoxy) is 3. The summed E-state index contributed by atoms with van der Waals surface area (Å²) in [5.74, 6) is 0.0146. The van der Waals surface area contributed by atoms with E-state index in [1.165, 1.54) is 44.7 Å². The van der Waals surface area contributed by atoms with Gasteiger partial charge in [0.05, 0.1) is 36.4 Å². The number of benzene rings is 2. The fourth-order valence-electron chi connectivity index (χ4n) is 4.13. The number of aliphatic hydroxyl groups excluding tert-OH is 1. The Hall–Kier alpha value is -3.25. The molecule has 188 valence electrons. The Morgan fingerprint density at radius 1 is 1.09 bits per heavy atom. The van der Waals surface area contributed by atoms with Gasteiger partial charge in [-0.1, -0.05) is 0 Å². The van der Waals surface area contributed by atoms with Crippen LogP contribution in [0.5, 0.6) is 17.2 Å². The van der Waals surface area contributed by atoms with Crippen molar-refractivity contribution in [2.75, 3.05) is 32.2 Å². The third kappa shape index (κ3) is 5.08. The molecule has 0 radical (unpaired) electrons. The van der Waals surface area contributed by atoms with Gasteiger partial charge in [-0.25, -0.2) is 8.42 Å². The van der Waals surface area contributed by atoms with Crippen molar-refractivity contribution in [3.63, 3.8) is 0 Å². The molecule has 8 nitrogen and oxygen atoms in total. The van der Waals surface area contributed by atoms with E-state index in [1.54, 1.807) is 4.90 Å². The van der Waals surface area contributed by atoms with Crippen molar-refractivity contribution in [2.24, 2.45) is 0 Å². The zero-order valence-electron chi connectivity index (χ0n) is 18.9. The summed E-state index contributed by atoms with van der Waals surface area (Å²) in [7, 11) is -1.43. The van der Waals surface area contributed by atoms with E-state index >= 15 is 0 Å². The fourth-order valence-corrected chi connectivity index (χ4v) is 5.58. The molecule has 0 aliphatic carbocycles. The van der Waals surface area contributed by atoms with Crippen molar-refractivity contribution in [1.29, 1.82) is 0 Å². The number of alkyl halides is 3. The predicted octanol–water partition coefficient (Wildman–Crippen LogP) is 3.94. The van der Waals surface area contributed by atoms with Gasteiger partial charge in [-0.15, -0.1) is 13.2 Å². The maximum Gasteiger partial charge on any atom is 0.573 e. The van der Waals surface area contributed by atoms with Gasteiger partial charge >= 0.3 is 6.36 Å². The number of sulfone groups is 1. The number of halogens is 3. The average Bonchev–Trinajstić information content (AvgIpc) is 2.81. The number of aromatic nitrogens is 1. The van der Waals surface area contributed by atoms with E-state index in [0.29, 0.717) is 25.1 Å². The number of aliphatic hydroxyl groups is 1. The van der Waals surface area contributed by atoms with Crippen LogP contribution in [0.15, 0.2) is 52.4 Å². The average molecular weight is 513 g/mol. The van der Waals surface area contributed by atoms with E-state index in [-0.39, 0.29) is 38.7 Å². The summed E-state index contributed by atoms with van der Waals surface area (Å²) >= 11 is 0. The van der Waals surface area contributed by atoms with Gasteiger partial charge in [-0.05, 0) is 43.2 Å². The van der Waals surface area contributed by atoms with E-state index in [0.717, 1.165) is 12.1 Å². The molecule has 0 amide bonds.